The van der Waals surface area contributed by atoms with Crippen LogP contribution in [-0.2, 0) is 11.2 Å². The number of methoxy groups -OCH3 is 3. The largest absolute Gasteiger partial charge is 0.497 e. The molecule has 1 heterocycles. The highest BCUT2D eigenvalue weighted by molar-refractivity contribution is 5.61. The average Bonchev–Trinajstić information content (AvgIpc) is 3.26. The van der Waals surface area contributed by atoms with Gasteiger partial charge in [0, 0.05) is 18.1 Å². The molecule has 1 fully saturated rings. The lowest BCUT2D eigenvalue weighted by atomic mass is 9.71. The van der Waals surface area contributed by atoms with Crippen LogP contribution in [0.25, 0.3) is 0 Å². The molecule has 5 rings (SSSR count). The summed E-state index contributed by atoms with van der Waals surface area (Å²) >= 11 is 0. The fourth-order valence-corrected chi connectivity index (χ4v) is 5.43. The molecular formula is C26H26O5. The van der Waals surface area contributed by atoms with Crippen molar-refractivity contribution in [1.82, 2.24) is 0 Å². The number of hydrogen-bond donors (Lipinski definition) is 1. The molecule has 1 N–H and O–H groups in total. The van der Waals surface area contributed by atoms with Crippen molar-refractivity contribution in [2.24, 2.45) is 0 Å². The van der Waals surface area contributed by atoms with Crippen molar-refractivity contribution in [3.05, 3.63) is 83.4 Å². The van der Waals surface area contributed by atoms with Crippen LogP contribution in [0.3, 0.4) is 0 Å². The highest BCUT2D eigenvalue weighted by atomic mass is 16.5. The molecule has 1 aliphatic carbocycles. The smallest absolute Gasteiger partial charge is 0.174 e. The maximum Gasteiger partial charge on any atom is 0.174 e. The fourth-order valence-electron chi connectivity index (χ4n) is 5.43. The molecule has 2 aliphatic rings. The lowest BCUT2D eigenvalue weighted by molar-refractivity contribution is -0.106. The van der Waals surface area contributed by atoms with E-state index in [4.69, 9.17) is 18.9 Å². The first kappa shape index (κ1) is 19.8. The number of ether oxygens (including phenoxy) is 4. The second-order valence-electron chi connectivity index (χ2n) is 8.13. The Morgan fingerprint density at radius 2 is 1.58 bits per heavy atom. The molecule has 160 valence electrons. The van der Waals surface area contributed by atoms with E-state index < -0.39 is 11.2 Å². The van der Waals surface area contributed by atoms with E-state index in [0.717, 1.165) is 23.3 Å². The summed E-state index contributed by atoms with van der Waals surface area (Å²) in [5.41, 5.74) is 0.467. The Hall–Kier alpha value is -3.18. The Balaban J connectivity index is 1.77. The van der Waals surface area contributed by atoms with Gasteiger partial charge in [-0.3, -0.25) is 0 Å². The van der Waals surface area contributed by atoms with Crippen molar-refractivity contribution < 1.29 is 24.1 Å². The van der Waals surface area contributed by atoms with E-state index in [2.05, 4.69) is 12.1 Å². The molecule has 1 aliphatic heterocycles. The van der Waals surface area contributed by atoms with Crippen molar-refractivity contribution in [3.63, 3.8) is 0 Å². The molecular weight excluding hydrogens is 392 g/mol. The van der Waals surface area contributed by atoms with Crippen LogP contribution in [0.5, 0.6) is 23.0 Å². The number of rotatable bonds is 5. The summed E-state index contributed by atoms with van der Waals surface area (Å²) in [5, 5.41) is 12.3. The van der Waals surface area contributed by atoms with Crippen molar-refractivity contribution in [3.8, 4) is 23.0 Å². The molecule has 5 heteroatoms. The Kier molecular flexibility index (Phi) is 4.59. The average molecular weight is 418 g/mol. The summed E-state index contributed by atoms with van der Waals surface area (Å²) < 4.78 is 23.3. The van der Waals surface area contributed by atoms with Crippen molar-refractivity contribution in [2.75, 3.05) is 21.3 Å². The van der Waals surface area contributed by atoms with Crippen molar-refractivity contribution in [2.45, 2.75) is 30.0 Å². The zero-order chi connectivity index (χ0) is 21.6. The highest BCUT2D eigenvalue weighted by Gasteiger charge is 2.69. The van der Waals surface area contributed by atoms with Crippen LogP contribution in [-0.4, -0.2) is 26.4 Å². The van der Waals surface area contributed by atoms with E-state index in [1.54, 1.807) is 27.4 Å². The first-order valence-electron chi connectivity index (χ1n) is 10.4. The van der Waals surface area contributed by atoms with E-state index in [-0.39, 0.29) is 5.92 Å². The van der Waals surface area contributed by atoms with Gasteiger partial charge < -0.3 is 24.1 Å². The Morgan fingerprint density at radius 1 is 0.871 bits per heavy atom. The summed E-state index contributed by atoms with van der Waals surface area (Å²) in [6, 6.07) is 21.7. The van der Waals surface area contributed by atoms with E-state index >= 15 is 0 Å². The van der Waals surface area contributed by atoms with Gasteiger partial charge in [-0.25, -0.2) is 0 Å². The van der Waals surface area contributed by atoms with Gasteiger partial charge in [0.15, 0.2) is 5.60 Å². The fraction of sp³-hybridized carbons (Fsp3) is 0.308. The van der Waals surface area contributed by atoms with Gasteiger partial charge in [0.05, 0.1) is 26.9 Å². The van der Waals surface area contributed by atoms with Crippen LogP contribution in [0.1, 0.15) is 35.4 Å². The second kappa shape index (κ2) is 7.20. The zero-order valence-corrected chi connectivity index (χ0v) is 17.9. The topological polar surface area (TPSA) is 57.2 Å². The minimum absolute atomic E-state index is 0.0461. The minimum Gasteiger partial charge on any atom is -0.497 e. The Bertz CT molecular complexity index is 1090. The first-order chi connectivity index (χ1) is 15.1. The number of fused-ring (bicyclic) bond motifs is 3. The van der Waals surface area contributed by atoms with E-state index in [1.807, 2.05) is 48.5 Å². The zero-order valence-electron chi connectivity index (χ0n) is 17.9. The van der Waals surface area contributed by atoms with Gasteiger partial charge in [0.25, 0.3) is 0 Å². The summed E-state index contributed by atoms with van der Waals surface area (Å²) in [6.45, 7) is 0. The van der Waals surface area contributed by atoms with Crippen LogP contribution in [0.2, 0.25) is 0 Å². The molecule has 3 aromatic rings. The highest BCUT2D eigenvalue weighted by Crippen LogP contribution is 2.68. The molecule has 0 bridgehead atoms. The summed E-state index contributed by atoms with van der Waals surface area (Å²) in [5.74, 6) is 2.50. The lowest BCUT2D eigenvalue weighted by Crippen LogP contribution is -2.48. The van der Waals surface area contributed by atoms with Crippen molar-refractivity contribution >= 4 is 0 Å². The standard InChI is InChI=1S/C26H26O5/c1-28-19-11-9-18(10-12-19)26-21(17-7-5-4-6-8-17)13-14-25(26,27)24-22(30-3)15-20(29-2)16-23(24)31-26/h4-12,15-16,21,27H,13-14H2,1-3H3. The van der Waals surface area contributed by atoms with Gasteiger partial charge in [-0.15, -0.1) is 0 Å². The van der Waals surface area contributed by atoms with Gasteiger partial charge in [-0.1, -0.05) is 42.5 Å². The van der Waals surface area contributed by atoms with Crippen LogP contribution in [0, 0.1) is 0 Å². The molecule has 3 unspecified atom stereocenters. The van der Waals surface area contributed by atoms with Crippen LogP contribution in [0.4, 0.5) is 0 Å². The predicted molar refractivity (Wildman–Crippen MR) is 117 cm³/mol. The summed E-state index contributed by atoms with van der Waals surface area (Å²) in [4.78, 5) is 0. The minimum atomic E-state index is -1.25. The molecule has 0 amide bonds. The normalized spacial score (nSPS) is 26.0. The molecule has 31 heavy (non-hydrogen) atoms. The molecule has 0 spiro atoms. The molecule has 3 atom stereocenters. The van der Waals surface area contributed by atoms with Crippen molar-refractivity contribution in [1.29, 1.82) is 0 Å². The van der Waals surface area contributed by atoms with Gasteiger partial charge in [-0.2, -0.15) is 0 Å². The maximum atomic E-state index is 12.3. The molecule has 5 nitrogen and oxygen atoms in total. The van der Waals surface area contributed by atoms with Crippen LogP contribution >= 0.6 is 0 Å². The van der Waals surface area contributed by atoms with Gasteiger partial charge in [-0.05, 0) is 36.1 Å². The van der Waals surface area contributed by atoms with Crippen LogP contribution < -0.4 is 18.9 Å². The lowest BCUT2D eigenvalue weighted by Gasteiger charge is -2.40. The van der Waals surface area contributed by atoms with E-state index in [9.17, 15) is 5.11 Å². The van der Waals surface area contributed by atoms with E-state index in [1.165, 1.54) is 0 Å². The van der Waals surface area contributed by atoms with E-state index in [0.29, 0.717) is 29.2 Å². The van der Waals surface area contributed by atoms with Gasteiger partial charge >= 0.3 is 0 Å². The SMILES string of the molecule is COc1ccc(C23Oc4cc(OC)cc(OC)c4C2(O)CCC3c2ccccc2)cc1. The third-order valence-corrected chi connectivity index (χ3v) is 6.80. The first-order valence-corrected chi connectivity index (χ1v) is 10.4. The maximum absolute atomic E-state index is 12.3. The molecule has 3 aromatic carbocycles. The number of benzene rings is 3. The number of hydrogen-bond acceptors (Lipinski definition) is 5. The Morgan fingerprint density at radius 3 is 2.23 bits per heavy atom. The molecule has 1 saturated carbocycles. The van der Waals surface area contributed by atoms with Gasteiger partial charge in [0.1, 0.15) is 28.6 Å². The Labute approximate surface area is 182 Å². The quantitative estimate of drug-likeness (QED) is 0.647. The molecule has 0 saturated heterocycles. The van der Waals surface area contributed by atoms with Gasteiger partial charge in [0.2, 0.25) is 0 Å². The monoisotopic (exact) mass is 418 g/mol. The second-order valence-corrected chi connectivity index (χ2v) is 8.13. The van der Waals surface area contributed by atoms with Crippen LogP contribution in [0.15, 0.2) is 66.7 Å². The third-order valence-electron chi connectivity index (χ3n) is 6.80. The summed E-state index contributed by atoms with van der Waals surface area (Å²) in [6.07, 6.45) is 1.33. The third kappa shape index (κ3) is 2.66. The molecule has 0 aromatic heterocycles. The molecule has 0 radical (unpaired) electrons. The predicted octanol–water partition coefficient (Wildman–Crippen LogP) is 4.77. The summed E-state index contributed by atoms with van der Waals surface area (Å²) in [7, 11) is 4.86. The number of aliphatic hydroxyl groups is 1.